The van der Waals surface area contributed by atoms with Crippen LogP contribution in [0.2, 0.25) is 5.02 Å². The SMILES string of the molecule is O=C(C[C@@H]1CCC(=O)N1Cc1cc(F)cc(F)c1F)N[C@@H](CC1CC1)C(=O)OCc1cccc(Cl)c1. The number of hydrogen-bond acceptors (Lipinski definition) is 4. The van der Waals surface area contributed by atoms with Gasteiger partial charge in [-0.05, 0) is 42.5 Å². The van der Waals surface area contributed by atoms with Crippen molar-refractivity contribution < 1.29 is 32.3 Å². The summed E-state index contributed by atoms with van der Waals surface area (Å²) in [5, 5.41) is 3.24. The van der Waals surface area contributed by atoms with Crippen molar-refractivity contribution >= 4 is 29.4 Å². The Morgan fingerprint density at radius 3 is 2.64 bits per heavy atom. The highest BCUT2D eigenvalue weighted by molar-refractivity contribution is 6.30. The van der Waals surface area contributed by atoms with Crippen LogP contribution in [0, 0.1) is 23.4 Å². The van der Waals surface area contributed by atoms with E-state index < -0.39 is 41.4 Å². The first kappa shape index (κ1) is 26.0. The van der Waals surface area contributed by atoms with Gasteiger partial charge in [0.25, 0.3) is 0 Å². The van der Waals surface area contributed by atoms with Crippen LogP contribution in [-0.2, 0) is 32.3 Å². The number of benzene rings is 2. The third-order valence-corrected chi connectivity index (χ3v) is 6.67. The van der Waals surface area contributed by atoms with Gasteiger partial charge in [0.05, 0.1) is 0 Å². The summed E-state index contributed by atoms with van der Waals surface area (Å²) in [7, 11) is 0. The van der Waals surface area contributed by atoms with E-state index in [2.05, 4.69) is 5.32 Å². The Labute approximate surface area is 211 Å². The van der Waals surface area contributed by atoms with E-state index in [4.69, 9.17) is 16.3 Å². The van der Waals surface area contributed by atoms with Crippen molar-refractivity contribution in [1.29, 1.82) is 0 Å². The van der Waals surface area contributed by atoms with Crippen molar-refractivity contribution in [3.63, 3.8) is 0 Å². The molecule has 2 atom stereocenters. The minimum atomic E-state index is -1.34. The van der Waals surface area contributed by atoms with Crippen LogP contribution < -0.4 is 5.32 Å². The molecule has 1 aliphatic heterocycles. The lowest BCUT2D eigenvalue weighted by molar-refractivity contribution is -0.149. The second-order valence-electron chi connectivity index (χ2n) is 9.32. The zero-order valence-corrected chi connectivity index (χ0v) is 20.2. The van der Waals surface area contributed by atoms with Gasteiger partial charge in [0.2, 0.25) is 11.8 Å². The minimum Gasteiger partial charge on any atom is -0.459 e. The van der Waals surface area contributed by atoms with Gasteiger partial charge < -0.3 is 15.0 Å². The van der Waals surface area contributed by atoms with Gasteiger partial charge in [0, 0.05) is 42.1 Å². The number of ether oxygens (including phenoxy) is 1. The molecule has 0 radical (unpaired) electrons. The van der Waals surface area contributed by atoms with Crippen molar-refractivity contribution in [2.45, 2.75) is 63.8 Å². The third kappa shape index (κ3) is 6.78. The molecule has 10 heteroatoms. The van der Waals surface area contributed by atoms with E-state index in [1.165, 1.54) is 4.90 Å². The Bertz CT molecular complexity index is 1160. The normalized spacial score (nSPS) is 18.3. The molecule has 2 amide bonds. The third-order valence-electron chi connectivity index (χ3n) is 6.44. The maximum atomic E-state index is 14.1. The maximum Gasteiger partial charge on any atom is 0.328 e. The van der Waals surface area contributed by atoms with Crippen molar-refractivity contribution in [3.05, 3.63) is 70.0 Å². The monoisotopic (exact) mass is 522 g/mol. The molecule has 192 valence electrons. The van der Waals surface area contributed by atoms with Crippen molar-refractivity contribution in [3.8, 4) is 0 Å². The quantitative estimate of drug-likeness (QED) is 0.363. The van der Waals surface area contributed by atoms with E-state index in [9.17, 15) is 27.6 Å². The minimum absolute atomic E-state index is 0.0110. The Kier molecular flexibility index (Phi) is 8.18. The molecular formula is C26H26ClF3N2O4. The van der Waals surface area contributed by atoms with Crippen LogP contribution in [0.4, 0.5) is 13.2 Å². The first-order chi connectivity index (χ1) is 17.2. The number of carbonyl (C=O) groups excluding carboxylic acids is 3. The molecule has 1 saturated heterocycles. The number of nitrogens with zero attached hydrogens (tertiary/aromatic N) is 1. The van der Waals surface area contributed by atoms with Gasteiger partial charge >= 0.3 is 5.97 Å². The van der Waals surface area contributed by atoms with E-state index in [1.54, 1.807) is 24.3 Å². The molecule has 0 spiro atoms. The molecule has 2 aromatic rings. The van der Waals surface area contributed by atoms with Gasteiger partial charge in [-0.1, -0.05) is 36.6 Å². The first-order valence-corrected chi connectivity index (χ1v) is 12.2. The molecule has 2 aliphatic rings. The zero-order valence-electron chi connectivity index (χ0n) is 19.4. The summed E-state index contributed by atoms with van der Waals surface area (Å²) in [5.41, 5.74) is 0.415. The fourth-order valence-electron chi connectivity index (χ4n) is 4.38. The summed E-state index contributed by atoms with van der Waals surface area (Å²) in [6, 6.07) is 6.74. The molecule has 0 unspecified atom stereocenters. The lowest BCUT2D eigenvalue weighted by Crippen LogP contribution is -2.44. The van der Waals surface area contributed by atoms with E-state index in [1.807, 2.05) is 0 Å². The molecule has 4 rings (SSSR count). The number of rotatable bonds is 10. The molecule has 0 bridgehead atoms. The van der Waals surface area contributed by atoms with Crippen LogP contribution in [0.1, 0.15) is 49.7 Å². The maximum absolute atomic E-state index is 14.1. The van der Waals surface area contributed by atoms with Gasteiger partial charge in [-0.15, -0.1) is 0 Å². The number of nitrogens with one attached hydrogen (secondary N) is 1. The molecule has 1 N–H and O–H groups in total. The first-order valence-electron chi connectivity index (χ1n) is 11.8. The largest absolute Gasteiger partial charge is 0.459 e. The van der Waals surface area contributed by atoms with Crippen LogP contribution in [0.25, 0.3) is 0 Å². The summed E-state index contributed by atoms with van der Waals surface area (Å²) in [4.78, 5) is 39.2. The summed E-state index contributed by atoms with van der Waals surface area (Å²) >= 11 is 5.96. The Morgan fingerprint density at radius 1 is 1.14 bits per heavy atom. The molecule has 2 aromatic carbocycles. The molecule has 1 aliphatic carbocycles. The molecular weight excluding hydrogens is 497 g/mol. The van der Waals surface area contributed by atoms with Crippen molar-refractivity contribution in [2.75, 3.05) is 0 Å². The van der Waals surface area contributed by atoms with Crippen LogP contribution in [0.3, 0.4) is 0 Å². The van der Waals surface area contributed by atoms with Crippen molar-refractivity contribution in [2.24, 2.45) is 5.92 Å². The van der Waals surface area contributed by atoms with Crippen LogP contribution in [0.15, 0.2) is 36.4 Å². The van der Waals surface area contributed by atoms with Crippen LogP contribution in [0.5, 0.6) is 0 Å². The standard InChI is InChI=1S/C26H26ClF3N2O4/c27-18-3-1-2-16(8-18)14-36-26(35)22(9-15-4-5-15)31-23(33)12-20-6-7-24(34)32(20)13-17-10-19(28)11-21(29)25(17)30/h1-3,8,10-11,15,20,22H,4-7,9,12-14H2,(H,31,33)/t20-,22-/m0/s1. The topological polar surface area (TPSA) is 75.7 Å². The molecule has 6 nitrogen and oxygen atoms in total. The lowest BCUT2D eigenvalue weighted by Gasteiger charge is -2.26. The smallest absolute Gasteiger partial charge is 0.328 e. The lowest BCUT2D eigenvalue weighted by atomic mass is 10.1. The summed E-state index contributed by atoms with van der Waals surface area (Å²) in [6.07, 6.45) is 2.71. The number of esters is 1. The molecule has 2 fully saturated rings. The number of likely N-dealkylation sites (tertiary alicyclic amines) is 1. The number of amides is 2. The highest BCUT2D eigenvalue weighted by Crippen LogP contribution is 2.34. The van der Waals surface area contributed by atoms with E-state index in [0.29, 0.717) is 35.4 Å². The summed E-state index contributed by atoms with van der Waals surface area (Å²) in [5.74, 6) is -4.57. The number of halogens is 4. The fourth-order valence-corrected chi connectivity index (χ4v) is 4.59. The van der Waals surface area contributed by atoms with E-state index >= 15 is 0 Å². The fraction of sp³-hybridized carbons (Fsp3) is 0.423. The van der Waals surface area contributed by atoms with Gasteiger partial charge in [-0.3, -0.25) is 9.59 Å². The predicted molar refractivity (Wildman–Crippen MR) is 125 cm³/mol. The summed E-state index contributed by atoms with van der Waals surface area (Å²) in [6.45, 7) is -0.346. The Morgan fingerprint density at radius 2 is 1.92 bits per heavy atom. The van der Waals surface area contributed by atoms with Crippen LogP contribution in [-0.4, -0.2) is 34.8 Å². The Balaban J connectivity index is 1.37. The number of hydrogen-bond donors (Lipinski definition) is 1. The second kappa shape index (κ2) is 11.3. The average Bonchev–Trinajstić information content (AvgIpc) is 3.59. The predicted octanol–water partition coefficient (Wildman–Crippen LogP) is 4.67. The highest BCUT2D eigenvalue weighted by Gasteiger charge is 2.36. The van der Waals surface area contributed by atoms with Gasteiger partial charge in [0.1, 0.15) is 18.5 Å². The molecule has 1 saturated carbocycles. The number of carbonyl (C=O) groups is 3. The zero-order chi connectivity index (χ0) is 25.8. The van der Waals surface area contributed by atoms with Crippen LogP contribution >= 0.6 is 11.6 Å². The Hall–Kier alpha value is -3.07. The second-order valence-corrected chi connectivity index (χ2v) is 9.75. The molecule has 0 aromatic heterocycles. The average molecular weight is 523 g/mol. The van der Waals surface area contributed by atoms with Gasteiger partial charge in [0.15, 0.2) is 11.6 Å². The highest BCUT2D eigenvalue weighted by atomic mass is 35.5. The van der Waals surface area contributed by atoms with E-state index in [0.717, 1.165) is 18.9 Å². The molecule has 36 heavy (non-hydrogen) atoms. The van der Waals surface area contributed by atoms with Gasteiger partial charge in [-0.25, -0.2) is 18.0 Å². The van der Waals surface area contributed by atoms with Crippen molar-refractivity contribution in [1.82, 2.24) is 10.2 Å². The van der Waals surface area contributed by atoms with E-state index in [-0.39, 0.29) is 37.5 Å². The molecule has 1 heterocycles. The van der Waals surface area contributed by atoms with Gasteiger partial charge in [-0.2, -0.15) is 0 Å². The summed E-state index contributed by atoms with van der Waals surface area (Å²) < 4.78 is 46.7.